The Labute approximate surface area is 182 Å². The second kappa shape index (κ2) is 7.99. The normalized spacial score (nSPS) is 20.8. The van der Waals surface area contributed by atoms with Gasteiger partial charge in [0.25, 0.3) is 10.1 Å². The lowest BCUT2D eigenvalue weighted by Crippen LogP contribution is -2.22. The quantitative estimate of drug-likeness (QED) is 0.273. The lowest BCUT2D eigenvalue weighted by molar-refractivity contribution is -0.138. The Balaban J connectivity index is 1.69. The van der Waals surface area contributed by atoms with Crippen molar-refractivity contribution in [3.8, 4) is 0 Å². The SMILES string of the molecule is Cc1ccc(S(=O)(=O)OCC2(c3ccc(F)cc3)OC2c2ccccc2C(F)(F)F)cc1. The van der Waals surface area contributed by atoms with Crippen molar-refractivity contribution in [3.05, 3.63) is 101 Å². The molecule has 0 saturated carbocycles. The molecule has 0 aliphatic carbocycles. The van der Waals surface area contributed by atoms with Gasteiger partial charge in [-0.25, -0.2) is 4.39 Å². The molecule has 0 spiro atoms. The van der Waals surface area contributed by atoms with E-state index in [0.717, 1.165) is 23.8 Å². The van der Waals surface area contributed by atoms with Gasteiger partial charge >= 0.3 is 6.18 Å². The number of benzene rings is 3. The van der Waals surface area contributed by atoms with E-state index in [0.29, 0.717) is 5.56 Å². The number of epoxide rings is 1. The smallest absolute Gasteiger partial charge is 0.353 e. The zero-order chi connectivity index (χ0) is 23.1. The van der Waals surface area contributed by atoms with Crippen LogP contribution in [0.4, 0.5) is 17.6 Å². The average Bonchev–Trinajstić information content (AvgIpc) is 3.48. The molecule has 1 aliphatic heterocycles. The minimum absolute atomic E-state index is 0.0924. The number of rotatable bonds is 6. The fraction of sp³-hybridized carbons (Fsp3) is 0.217. The highest BCUT2D eigenvalue weighted by atomic mass is 32.2. The van der Waals surface area contributed by atoms with Crippen molar-refractivity contribution in [2.75, 3.05) is 6.61 Å². The molecule has 9 heteroatoms. The van der Waals surface area contributed by atoms with Crippen molar-refractivity contribution in [2.45, 2.75) is 29.7 Å². The van der Waals surface area contributed by atoms with Crippen LogP contribution in [0.3, 0.4) is 0 Å². The second-order valence-corrected chi connectivity index (χ2v) is 9.12. The highest BCUT2D eigenvalue weighted by molar-refractivity contribution is 7.86. The molecule has 0 bridgehead atoms. The molecule has 1 aliphatic rings. The highest BCUT2D eigenvalue weighted by Crippen LogP contribution is 2.59. The van der Waals surface area contributed by atoms with Crippen LogP contribution in [-0.2, 0) is 30.8 Å². The zero-order valence-corrected chi connectivity index (χ0v) is 17.6. The Morgan fingerprint density at radius 1 is 0.969 bits per heavy atom. The molecule has 1 saturated heterocycles. The second-order valence-electron chi connectivity index (χ2n) is 7.51. The van der Waals surface area contributed by atoms with E-state index < -0.39 is 46.0 Å². The Bertz CT molecular complexity index is 1220. The van der Waals surface area contributed by atoms with Gasteiger partial charge in [-0.2, -0.15) is 21.6 Å². The van der Waals surface area contributed by atoms with E-state index in [-0.39, 0.29) is 10.5 Å². The Morgan fingerprint density at radius 2 is 1.59 bits per heavy atom. The van der Waals surface area contributed by atoms with Crippen molar-refractivity contribution in [1.29, 1.82) is 0 Å². The summed E-state index contributed by atoms with van der Waals surface area (Å²) in [6.45, 7) is 1.22. The molecule has 0 radical (unpaired) electrons. The standard InChI is InChI=1S/C23H18F4O4S/c1-15-6-12-18(13-7-15)32(28,29)30-14-22(16-8-10-17(24)11-9-16)21(31-22)19-4-2-3-5-20(19)23(25,26)27/h2-13,21H,14H2,1H3. The molecular weight excluding hydrogens is 448 g/mol. The molecule has 168 valence electrons. The molecule has 0 N–H and O–H groups in total. The first-order chi connectivity index (χ1) is 15.0. The molecule has 4 rings (SSSR count). The van der Waals surface area contributed by atoms with Gasteiger partial charge in [0, 0.05) is 0 Å². The molecule has 3 aromatic rings. The first-order valence-electron chi connectivity index (χ1n) is 9.59. The van der Waals surface area contributed by atoms with Crippen LogP contribution in [0.25, 0.3) is 0 Å². The van der Waals surface area contributed by atoms with Gasteiger partial charge < -0.3 is 4.74 Å². The molecule has 3 aromatic carbocycles. The Hall–Kier alpha value is -2.75. The number of hydrogen-bond acceptors (Lipinski definition) is 4. The van der Waals surface area contributed by atoms with Crippen LogP contribution in [0.2, 0.25) is 0 Å². The number of aryl methyl sites for hydroxylation is 1. The molecule has 1 heterocycles. The van der Waals surface area contributed by atoms with Crippen LogP contribution in [0.5, 0.6) is 0 Å². The van der Waals surface area contributed by atoms with E-state index in [9.17, 15) is 26.0 Å². The molecule has 4 nitrogen and oxygen atoms in total. The predicted octanol–water partition coefficient (Wildman–Crippen LogP) is 5.53. The van der Waals surface area contributed by atoms with E-state index in [1.807, 2.05) is 0 Å². The number of halogens is 4. The molecule has 0 aromatic heterocycles. The molecule has 2 unspecified atom stereocenters. The summed E-state index contributed by atoms with van der Waals surface area (Å²) < 4.78 is 90.3. The lowest BCUT2D eigenvalue weighted by Gasteiger charge is -2.16. The van der Waals surface area contributed by atoms with Crippen molar-refractivity contribution < 1.29 is 34.9 Å². The van der Waals surface area contributed by atoms with Gasteiger partial charge in [-0.05, 0) is 48.4 Å². The van der Waals surface area contributed by atoms with E-state index >= 15 is 0 Å². The highest BCUT2D eigenvalue weighted by Gasteiger charge is 2.61. The summed E-state index contributed by atoms with van der Waals surface area (Å²) in [6.07, 6.45) is -5.76. The van der Waals surface area contributed by atoms with E-state index in [1.165, 1.54) is 42.5 Å². The molecule has 0 amide bonds. The fourth-order valence-corrected chi connectivity index (χ4v) is 4.49. The maximum Gasteiger partial charge on any atom is 0.416 e. The molecule has 1 fully saturated rings. The van der Waals surface area contributed by atoms with Gasteiger partial charge in [-0.3, -0.25) is 4.18 Å². The Kier molecular flexibility index (Phi) is 5.60. The summed E-state index contributed by atoms with van der Waals surface area (Å²) in [5, 5.41) is 0. The monoisotopic (exact) mass is 466 g/mol. The zero-order valence-electron chi connectivity index (χ0n) is 16.8. The first-order valence-corrected chi connectivity index (χ1v) is 11.0. The molecular formula is C23H18F4O4S. The first kappa shape index (κ1) is 22.4. The van der Waals surface area contributed by atoms with Crippen LogP contribution in [0.1, 0.15) is 28.4 Å². The van der Waals surface area contributed by atoms with E-state index in [4.69, 9.17) is 8.92 Å². The number of hydrogen-bond donors (Lipinski definition) is 0. The summed E-state index contributed by atoms with van der Waals surface area (Å²) >= 11 is 0. The summed E-state index contributed by atoms with van der Waals surface area (Å²) in [5.74, 6) is -0.551. The predicted molar refractivity (Wildman–Crippen MR) is 108 cm³/mol. The minimum Gasteiger partial charge on any atom is -0.353 e. The van der Waals surface area contributed by atoms with Crippen LogP contribution >= 0.6 is 0 Å². The van der Waals surface area contributed by atoms with Gasteiger partial charge in [0.05, 0.1) is 10.5 Å². The van der Waals surface area contributed by atoms with Crippen LogP contribution in [0.15, 0.2) is 77.7 Å². The van der Waals surface area contributed by atoms with Gasteiger partial charge in [0.2, 0.25) is 0 Å². The van der Waals surface area contributed by atoms with Gasteiger partial charge in [0.1, 0.15) is 24.1 Å². The van der Waals surface area contributed by atoms with E-state index in [2.05, 4.69) is 0 Å². The maximum atomic E-state index is 13.5. The number of ether oxygens (including phenoxy) is 1. The number of alkyl halides is 3. The van der Waals surface area contributed by atoms with Crippen LogP contribution < -0.4 is 0 Å². The van der Waals surface area contributed by atoms with Crippen LogP contribution in [-0.4, -0.2) is 15.0 Å². The van der Waals surface area contributed by atoms with Gasteiger partial charge in [0.15, 0.2) is 0 Å². The topological polar surface area (TPSA) is 55.9 Å². The van der Waals surface area contributed by atoms with Crippen molar-refractivity contribution in [3.63, 3.8) is 0 Å². The van der Waals surface area contributed by atoms with Crippen molar-refractivity contribution in [2.24, 2.45) is 0 Å². The Morgan fingerprint density at radius 3 is 2.22 bits per heavy atom. The third-order valence-electron chi connectivity index (χ3n) is 5.31. The average molecular weight is 466 g/mol. The molecule has 2 atom stereocenters. The molecule has 32 heavy (non-hydrogen) atoms. The van der Waals surface area contributed by atoms with Gasteiger partial charge in [-0.15, -0.1) is 0 Å². The third kappa shape index (κ3) is 4.28. The lowest BCUT2D eigenvalue weighted by atomic mass is 9.90. The third-order valence-corrected chi connectivity index (χ3v) is 6.59. The fourth-order valence-electron chi connectivity index (χ4n) is 3.56. The van der Waals surface area contributed by atoms with Crippen molar-refractivity contribution in [1.82, 2.24) is 0 Å². The summed E-state index contributed by atoms with van der Waals surface area (Å²) in [7, 11) is -4.21. The maximum absolute atomic E-state index is 13.5. The van der Waals surface area contributed by atoms with Gasteiger partial charge in [-0.1, -0.05) is 48.0 Å². The summed E-state index contributed by atoms with van der Waals surface area (Å²) in [6, 6.07) is 15.8. The summed E-state index contributed by atoms with van der Waals surface area (Å²) in [5.41, 5.74) is -1.41. The van der Waals surface area contributed by atoms with E-state index in [1.54, 1.807) is 19.1 Å². The summed E-state index contributed by atoms with van der Waals surface area (Å²) in [4.78, 5) is -0.0924. The van der Waals surface area contributed by atoms with Crippen molar-refractivity contribution >= 4 is 10.1 Å². The minimum atomic E-state index is -4.63. The largest absolute Gasteiger partial charge is 0.416 e. The van der Waals surface area contributed by atoms with Crippen LogP contribution in [0, 0.1) is 12.7 Å².